The molecule has 55 heavy (non-hydrogen) atoms. The van der Waals surface area contributed by atoms with Gasteiger partial charge in [0.25, 0.3) is 0 Å². The Balaban J connectivity index is 1.24. The standard InChI is InChI=1S/C52H35N3/c1-2-15-36(16-3-1)37-29-31-39(32-30-37)53(48-28-14-18-38-17-4-5-19-43(38)48)40-33-41(54-49-24-10-6-20-44(49)45-21-7-11-25-50(45)54)35-42(34-40)55-51-26-12-8-22-46(51)47-23-9-13-27-52(47)55/h1-35H. The van der Waals surface area contributed by atoms with Crippen LogP contribution in [0.3, 0.4) is 0 Å². The van der Waals surface area contributed by atoms with Crippen molar-refractivity contribution in [3.63, 3.8) is 0 Å². The SMILES string of the molecule is c1ccc(-c2ccc(N(c3cc(-n4c5ccccc5c5ccccc54)cc(-n4c5ccccc5c5ccccc54)c3)c3cccc4ccccc34)cc2)cc1. The van der Waals surface area contributed by atoms with Crippen LogP contribution < -0.4 is 4.90 Å². The molecule has 0 unspecified atom stereocenters. The van der Waals surface area contributed by atoms with E-state index >= 15 is 0 Å². The molecule has 0 aliphatic heterocycles. The second kappa shape index (κ2) is 12.6. The summed E-state index contributed by atoms with van der Waals surface area (Å²) < 4.78 is 4.87. The van der Waals surface area contributed by atoms with Crippen molar-refractivity contribution in [3.05, 3.63) is 212 Å². The normalized spacial score (nSPS) is 11.6. The smallest absolute Gasteiger partial charge is 0.0541 e. The van der Waals surface area contributed by atoms with Gasteiger partial charge < -0.3 is 14.0 Å². The molecule has 2 aromatic heterocycles. The monoisotopic (exact) mass is 701 g/mol. The Morgan fingerprint density at radius 1 is 0.291 bits per heavy atom. The van der Waals surface area contributed by atoms with E-state index in [1.807, 2.05) is 0 Å². The maximum absolute atomic E-state index is 2.44. The van der Waals surface area contributed by atoms with Crippen LogP contribution in [0.1, 0.15) is 0 Å². The van der Waals surface area contributed by atoms with Crippen LogP contribution in [-0.2, 0) is 0 Å². The third kappa shape index (κ3) is 5.05. The molecule has 9 aromatic carbocycles. The number of rotatable bonds is 6. The highest BCUT2D eigenvalue weighted by Crippen LogP contribution is 2.43. The second-order valence-corrected chi connectivity index (χ2v) is 14.2. The van der Waals surface area contributed by atoms with E-state index in [4.69, 9.17) is 0 Å². The first kappa shape index (κ1) is 31.2. The van der Waals surface area contributed by atoms with Gasteiger partial charge >= 0.3 is 0 Å². The largest absolute Gasteiger partial charge is 0.310 e. The fraction of sp³-hybridized carbons (Fsp3) is 0. The number of anilines is 3. The van der Waals surface area contributed by atoms with Gasteiger partial charge in [0.1, 0.15) is 0 Å². The van der Waals surface area contributed by atoms with Gasteiger partial charge in [-0.25, -0.2) is 0 Å². The molecule has 0 bridgehead atoms. The van der Waals surface area contributed by atoms with Gasteiger partial charge in [0.2, 0.25) is 0 Å². The van der Waals surface area contributed by atoms with Crippen molar-refractivity contribution < 1.29 is 0 Å². The minimum atomic E-state index is 1.07. The molecule has 3 heteroatoms. The van der Waals surface area contributed by atoms with E-state index < -0.39 is 0 Å². The minimum absolute atomic E-state index is 1.07. The van der Waals surface area contributed by atoms with Crippen LogP contribution in [-0.4, -0.2) is 9.13 Å². The van der Waals surface area contributed by atoms with Gasteiger partial charge in [0.15, 0.2) is 0 Å². The Hall–Kier alpha value is -7.36. The molecule has 0 N–H and O–H groups in total. The van der Waals surface area contributed by atoms with E-state index in [2.05, 4.69) is 226 Å². The minimum Gasteiger partial charge on any atom is -0.310 e. The fourth-order valence-electron chi connectivity index (χ4n) is 8.63. The van der Waals surface area contributed by atoms with Gasteiger partial charge in [-0.05, 0) is 77.2 Å². The summed E-state index contributed by atoms with van der Waals surface area (Å²) in [6, 6.07) is 77.1. The highest BCUT2D eigenvalue weighted by atomic mass is 15.2. The molecule has 0 aliphatic rings. The molecule has 0 saturated carbocycles. The van der Waals surface area contributed by atoms with E-state index in [0.29, 0.717) is 0 Å². The van der Waals surface area contributed by atoms with Gasteiger partial charge in [-0.1, -0.05) is 152 Å². The molecule has 11 rings (SSSR count). The Bertz CT molecular complexity index is 2960. The van der Waals surface area contributed by atoms with Crippen LogP contribution in [0.2, 0.25) is 0 Å². The third-order valence-electron chi connectivity index (χ3n) is 11.1. The average molecular weight is 702 g/mol. The van der Waals surface area contributed by atoms with Crippen molar-refractivity contribution in [1.29, 1.82) is 0 Å². The lowest BCUT2D eigenvalue weighted by Crippen LogP contribution is -2.12. The fourth-order valence-corrected chi connectivity index (χ4v) is 8.63. The zero-order valence-electron chi connectivity index (χ0n) is 30.0. The van der Waals surface area contributed by atoms with E-state index in [1.54, 1.807) is 0 Å². The molecule has 0 amide bonds. The second-order valence-electron chi connectivity index (χ2n) is 14.2. The van der Waals surface area contributed by atoms with E-state index in [0.717, 1.165) is 28.4 Å². The molecule has 258 valence electrons. The molecule has 0 spiro atoms. The van der Waals surface area contributed by atoms with Crippen LogP contribution in [0.4, 0.5) is 17.1 Å². The molecule has 0 aliphatic carbocycles. The summed E-state index contributed by atoms with van der Waals surface area (Å²) >= 11 is 0. The average Bonchev–Trinajstić information content (AvgIpc) is 3.78. The zero-order chi connectivity index (χ0) is 36.3. The van der Waals surface area contributed by atoms with Gasteiger partial charge in [-0.3, -0.25) is 0 Å². The number of hydrogen-bond donors (Lipinski definition) is 0. The number of hydrogen-bond acceptors (Lipinski definition) is 1. The summed E-state index contributed by atoms with van der Waals surface area (Å²) in [7, 11) is 0. The van der Waals surface area contributed by atoms with Crippen LogP contribution in [0.15, 0.2) is 212 Å². The molecule has 11 aromatic rings. The van der Waals surface area contributed by atoms with Gasteiger partial charge in [-0.2, -0.15) is 0 Å². The highest BCUT2D eigenvalue weighted by Gasteiger charge is 2.21. The summed E-state index contributed by atoms with van der Waals surface area (Å²) in [4.78, 5) is 2.44. The van der Waals surface area contributed by atoms with E-state index in [9.17, 15) is 0 Å². The van der Waals surface area contributed by atoms with Crippen molar-refractivity contribution in [3.8, 4) is 22.5 Å². The van der Waals surface area contributed by atoms with Gasteiger partial charge in [-0.15, -0.1) is 0 Å². The van der Waals surface area contributed by atoms with Crippen molar-refractivity contribution in [2.24, 2.45) is 0 Å². The topological polar surface area (TPSA) is 13.1 Å². The Morgan fingerprint density at radius 2 is 0.709 bits per heavy atom. The van der Waals surface area contributed by atoms with Gasteiger partial charge in [0, 0.05) is 32.6 Å². The molecule has 0 fully saturated rings. The molecule has 0 saturated heterocycles. The molecular formula is C52H35N3. The molecular weight excluding hydrogens is 667 g/mol. The number of benzene rings is 9. The number of fused-ring (bicyclic) bond motifs is 7. The van der Waals surface area contributed by atoms with Crippen LogP contribution in [0.5, 0.6) is 0 Å². The highest BCUT2D eigenvalue weighted by molar-refractivity contribution is 6.11. The lowest BCUT2D eigenvalue weighted by molar-refractivity contribution is 1.12. The van der Waals surface area contributed by atoms with E-state index in [1.165, 1.54) is 65.5 Å². The Kier molecular flexibility index (Phi) is 7.17. The summed E-state index contributed by atoms with van der Waals surface area (Å²) in [6.45, 7) is 0. The Labute approximate surface area is 319 Å². The first-order chi connectivity index (χ1) is 27.3. The molecule has 0 radical (unpaired) electrons. The number of nitrogens with zero attached hydrogens (tertiary/aromatic N) is 3. The van der Waals surface area contributed by atoms with Crippen molar-refractivity contribution in [2.45, 2.75) is 0 Å². The quantitative estimate of drug-likeness (QED) is 0.168. The van der Waals surface area contributed by atoms with E-state index in [-0.39, 0.29) is 0 Å². The Morgan fingerprint density at radius 3 is 1.24 bits per heavy atom. The maximum atomic E-state index is 2.44. The lowest BCUT2D eigenvalue weighted by Gasteiger charge is -2.28. The molecule has 0 atom stereocenters. The third-order valence-corrected chi connectivity index (χ3v) is 11.1. The first-order valence-electron chi connectivity index (χ1n) is 18.9. The molecule has 3 nitrogen and oxygen atoms in total. The number of aromatic nitrogens is 2. The van der Waals surface area contributed by atoms with Crippen molar-refractivity contribution in [1.82, 2.24) is 9.13 Å². The summed E-state index contributed by atoms with van der Waals surface area (Å²) in [5.74, 6) is 0. The van der Waals surface area contributed by atoms with Crippen LogP contribution >= 0.6 is 0 Å². The van der Waals surface area contributed by atoms with Crippen LogP contribution in [0, 0.1) is 0 Å². The summed E-state index contributed by atoms with van der Waals surface area (Å²) in [6.07, 6.45) is 0. The number of para-hydroxylation sites is 4. The van der Waals surface area contributed by atoms with Crippen molar-refractivity contribution >= 4 is 71.4 Å². The predicted octanol–water partition coefficient (Wildman–Crippen LogP) is 14.2. The van der Waals surface area contributed by atoms with Crippen LogP contribution in [0.25, 0.3) is 76.9 Å². The lowest BCUT2D eigenvalue weighted by atomic mass is 10.0. The maximum Gasteiger partial charge on any atom is 0.0541 e. The van der Waals surface area contributed by atoms with Gasteiger partial charge in [0.05, 0.1) is 44.8 Å². The first-order valence-corrected chi connectivity index (χ1v) is 18.9. The predicted molar refractivity (Wildman–Crippen MR) is 233 cm³/mol. The summed E-state index contributed by atoms with van der Waals surface area (Å²) in [5.41, 5.74) is 12.6. The van der Waals surface area contributed by atoms with Crippen molar-refractivity contribution in [2.75, 3.05) is 4.90 Å². The zero-order valence-corrected chi connectivity index (χ0v) is 30.0. The molecule has 2 heterocycles. The summed E-state index contributed by atoms with van der Waals surface area (Å²) in [5, 5.41) is 7.35.